The fourth-order valence-corrected chi connectivity index (χ4v) is 3.98. The Morgan fingerprint density at radius 3 is 1.76 bits per heavy atom. The molecule has 0 spiro atoms. The largest absolute Gasteiger partial charge is 0.475 e. The van der Waals surface area contributed by atoms with Crippen LogP contribution in [0.2, 0.25) is 0 Å². The van der Waals surface area contributed by atoms with Crippen molar-refractivity contribution in [3.05, 3.63) is 60.7 Å². The van der Waals surface area contributed by atoms with Crippen molar-refractivity contribution in [2.45, 2.75) is 52.9 Å². The number of hydrogen-bond donors (Lipinski definition) is 3. The van der Waals surface area contributed by atoms with Crippen molar-refractivity contribution in [3.8, 4) is 0 Å². The fourth-order valence-electron chi connectivity index (χ4n) is 3.98. The molecule has 0 heterocycles. The highest BCUT2D eigenvalue weighted by Gasteiger charge is 2.30. The molecule has 178 valence electrons. The number of benzene rings is 2. The molecule has 0 aliphatic carbocycles. The first-order valence-electron chi connectivity index (χ1n) is 11.7. The van der Waals surface area contributed by atoms with Crippen LogP contribution in [0.1, 0.15) is 47.0 Å². The lowest BCUT2D eigenvalue weighted by atomic mass is 9.74. The second-order valence-corrected chi connectivity index (χ2v) is 9.48. The van der Waals surface area contributed by atoms with Gasteiger partial charge in [-0.1, -0.05) is 64.1 Å². The van der Waals surface area contributed by atoms with Crippen LogP contribution in [0.4, 0.5) is 11.4 Å². The van der Waals surface area contributed by atoms with E-state index in [1.54, 1.807) is 0 Å². The van der Waals surface area contributed by atoms with E-state index in [1.165, 1.54) is 0 Å². The van der Waals surface area contributed by atoms with E-state index in [1.807, 2.05) is 93.3 Å². The van der Waals surface area contributed by atoms with Gasteiger partial charge in [0.1, 0.15) is 0 Å². The molecule has 0 fully saturated rings. The number of anilines is 2. The van der Waals surface area contributed by atoms with Gasteiger partial charge in [-0.05, 0) is 48.9 Å². The summed E-state index contributed by atoms with van der Waals surface area (Å²) in [4.78, 5) is 28.2. The smallest absolute Gasteiger partial charge is 0.426 e. The number of nitrogens with zero attached hydrogens (tertiary/aromatic N) is 1. The summed E-state index contributed by atoms with van der Waals surface area (Å²) in [6.45, 7) is 8.08. The quantitative estimate of drug-likeness (QED) is 0.400. The SMILES string of the molecule is CC(C)C[C@H](CC(=O)CN(c1ccccc1)c1ccccc1)C(=O)N[C@@H](CC(C)C)B(O)O. The Bertz CT molecular complexity index is 820. The maximum absolute atomic E-state index is 13.2. The predicted molar refractivity (Wildman–Crippen MR) is 134 cm³/mol. The van der Waals surface area contributed by atoms with E-state index in [4.69, 9.17) is 0 Å². The second-order valence-electron chi connectivity index (χ2n) is 9.48. The lowest BCUT2D eigenvalue weighted by Gasteiger charge is -2.27. The maximum atomic E-state index is 13.2. The summed E-state index contributed by atoms with van der Waals surface area (Å²) in [5.74, 6) is -1.23. The Kier molecular flexibility index (Phi) is 10.6. The molecule has 0 radical (unpaired) electrons. The number of para-hydroxylation sites is 2. The number of carbonyl (C=O) groups is 2. The first-order chi connectivity index (χ1) is 15.7. The number of ketones is 1. The normalized spacial score (nSPS) is 13.0. The zero-order valence-corrected chi connectivity index (χ0v) is 20.1. The molecule has 1 amide bonds. The maximum Gasteiger partial charge on any atom is 0.475 e. The highest BCUT2D eigenvalue weighted by atomic mass is 16.4. The van der Waals surface area contributed by atoms with Crippen molar-refractivity contribution in [1.29, 1.82) is 0 Å². The summed E-state index contributed by atoms with van der Waals surface area (Å²) in [6, 6.07) is 19.4. The average molecular weight is 452 g/mol. The molecule has 33 heavy (non-hydrogen) atoms. The molecular formula is C26H37BN2O4. The van der Waals surface area contributed by atoms with Crippen LogP contribution in [0.3, 0.4) is 0 Å². The van der Waals surface area contributed by atoms with Crippen molar-refractivity contribution < 1.29 is 19.6 Å². The first-order valence-corrected chi connectivity index (χ1v) is 11.7. The minimum absolute atomic E-state index is 0.0477. The van der Waals surface area contributed by atoms with Crippen LogP contribution in [-0.4, -0.2) is 41.3 Å². The Balaban J connectivity index is 2.16. The van der Waals surface area contributed by atoms with Gasteiger partial charge in [0.05, 0.1) is 12.5 Å². The van der Waals surface area contributed by atoms with E-state index >= 15 is 0 Å². The van der Waals surface area contributed by atoms with E-state index in [-0.39, 0.29) is 36.5 Å². The van der Waals surface area contributed by atoms with Crippen molar-refractivity contribution in [1.82, 2.24) is 5.32 Å². The van der Waals surface area contributed by atoms with Gasteiger partial charge in [-0.15, -0.1) is 0 Å². The van der Waals surface area contributed by atoms with Crippen LogP contribution in [-0.2, 0) is 9.59 Å². The summed E-state index contributed by atoms with van der Waals surface area (Å²) in [6.07, 6.45) is 1.09. The zero-order chi connectivity index (χ0) is 24.4. The third-order valence-corrected chi connectivity index (χ3v) is 5.48. The summed E-state index contributed by atoms with van der Waals surface area (Å²) in [5.41, 5.74) is 1.81. The van der Waals surface area contributed by atoms with Crippen molar-refractivity contribution >= 4 is 30.2 Å². The molecule has 2 rings (SSSR count). The van der Waals surface area contributed by atoms with Crippen LogP contribution in [0.25, 0.3) is 0 Å². The van der Waals surface area contributed by atoms with Gasteiger partial charge in [-0.25, -0.2) is 0 Å². The summed E-state index contributed by atoms with van der Waals surface area (Å²) >= 11 is 0. The van der Waals surface area contributed by atoms with Crippen LogP contribution in [0.5, 0.6) is 0 Å². The molecule has 0 unspecified atom stereocenters. The van der Waals surface area contributed by atoms with Crippen LogP contribution < -0.4 is 10.2 Å². The molecule has 2 aromatic carbocycles. The minimum Gasteiger partial charge on any atom is -0.426 e. The number of rotatable bonds is 13. The topological polar surface area (TPSA) is 89.9 Å². The van der Waals surface area contributed by atoms with Crippen molar-refractivity contribution in [3.63, 3.8) is 0 Å². The summed E-state index contributed by atoms with van der Waals surface area (Å²) < 4.78 is 0. The molecule has 3 N–H and O–H groups in total. The lowest BCUT2D eigenvalue weighted by molar-refractivity contribution is -0.130. The van der Waals surface area contributed by atoms with Crippen LogP contribution in [0, 0.1) is 17.8 Å². The Labute approximate surface area is 198 Å². The molecule has 0 saturated heterocycles. The minimum atomic E-state index is -1.64. The van der Waals surface area contributed by atoms with Crippen LogP contribution in [0.15, 0.2) is 60.7 Å². The van der Waals surface area contributed by atoms with E-state index in [0.717, 1.165) is 11.4 Å². The van der Waals surface area contributed by atoms with E-state index < -0.39 is 19.0 Å². The molecular weight excluding hydrogens is 415 g/mol. The molecule has 0 aliphatic rings. The number of hydrogen-bond acceptors (Lipinski definition) is 5. The van der Waals surface area contributed by atoms with Crippen LogP contribution >= 0.6 is 0 Å². The number of amides is 1. The number of nitrogens with one attached hydrogen (secondary N) is 1. The Morgan fingerprint density at radius 2 is 1.33 bits per heavy atom. The number of Topliss-reactive ketones (excluding diaryl/α,β-unsaturated/α-hetero) is 1. The van der Waals surface area contributed by atoms with Gasteiger partial charge >= 0.3 is 7.12 Å². The monoisotopic (exact) mass is 452 g/mol. The molecule has 0 saturated carbocycles. The van der Waals surface area contributed by atoms with Crippen molar-refractivity contribution in [2.75, 3.05) is 11.4 Å². The van der Waals surface area contributed by atoms with Gasteiger partial charge < -0.3 is 20.3 Å². The molecule has 2 atom stereocenters. The van der Waals surface area contributed by atoms with E-state index in [9.17, 15) is 19.6 Å². The molecule has 2 aromatic rings. The van der Waals surface area contributed by atoms with E-state index in [0.29, 0.717) is 12.8 Å². The summed E-state index contributed by atoms with van der Waals surface area (Å²) in [7, 11) is -1.64. The third kappa shape index (κ3) is 9.02. The zero-order valence-electron chi connectivity index (χ0n) is 20.1. The van der Waals surface area contributed by atoms with Gasteiger partial charge in [0.2, 0.25) is 5.91 Å². The molecule has 0 bridgehead atoms. The van der Waals surface area contributed by atoms with Gasteiger partial charge in [0, 0.05) is 23.7 Å². The van der Waals surface area contributed by atoms with Gasteiger partial charge in [0.25, 0.3) is 0 Å². The number of carbonyl (C=O) groups excluding carboxylic acids is 2. The van der Waals surface area contributed by atoms with Gasteiger partial charge in [-0.2, -0.15) is 0 Å². The lowest BCUT2D eigenvalue weighted by Crippen LogP contribution is -2.49. The molecule has 0 aromatic heterocycles. The van der Waals surface area contributed by atoms with E-state index in [2.05, 4.69) is 5.32 Å². The van der Waals surface area contributed by atoms with Gasteiger partial charge in [-0.3, -0.25) is 9.59 Å². The third-order valence-electron chi connectivity index (χ3n) is 5.48. The highest BCUT2D eigenvalue weighted by molar-refractivity contribution is 6.43. The first kappa shape index (κ1) is 26.6. The van der Waals surface area contributed by atoms with Gasteiger partial charge in [0.15, 0.2) is 5.78 Å². The molecule has 6 nitrogen and oxygen atoms in total. The Morgan fingerprint density at radius 1 is 0.848 bits per heavy atom. The standard InChI is InChI=1S/C26H37BN2O4/c1-19(2)15-21(26(31)28-25(27(32)33)16-20(3)4)17-24(30)18-29(22-11-7-5-8-12-22)23-13-9-6-10-14-23/h5-14,19-21,25,32-33H,15-18H2,1-4H3,(H,28,31)/t21-,25+/m1/s1. The Hall–Kier alpha value is -2.64. The fraction of sp³-hybridized carbons (Fsp3) is 0.462. The predicted octanol–water partition coefficient (Wildman–Crippen LogP) is 3.99. The second kappa shape index (κ2) is 13.2. The average Bonchev–Trinajstić information content (AvgIpc) is 2.77. The highest BCUT2D eigenvalue weighted by Crippen LogP contribution is 2.26. The molecule has 0 aliphatic heterocycles. The molecule has 7 heteroatoms. The van der Waals surface area contributed by atoms with Crippen molar-refractivity contribution in [2.24, 2.45) is 17.8 Å². The summed E-state index contributed by atoms with van der Waals surface area (Å²) in [5, 5.41) is 22.2.